The van der Waals surface area contributed by atoms with Crippen molar-refractivity contribution in [2.45, 2.75) is 18.9 Å². The topological polar surface area (TPSA) is 171 Å². The molecule has 0 rings (SSSR count). The highest BCUT2D eigenvalue weighted by atomic mass is 31.1. The Hall–Kier alpha value is -0.0800. The maximum Gasteiger partial charge on any atom is 0.488 e. The number of aliphatic hydroxyl groups excluding tert-OH is 1. The molecule has 0 saturated carbocycles. The molecule has 0 spiro atoms. The van der Waals surface area contributed by atoms with Gasteiger partial charge in [-0.2, -0.15) is 0 Å². The van der Waals surface area contributed by atoms with E-state index in [4.69, 9.17) is 16.6 Å². The molecule has 0 aliphatic heterocycles. The quantitative estimate of drug-likeness (QED) is 0.325. The highest BCUT2D eigenvalue weighted by molar-refractivity contribution is 7.30. The van der Waals surface area contributed by atoms with Crippen molar-refractivity contribution in [2.24, 2.45) is 11.5 Å². The van der Waals surface area contributed by atoms with Gasteiger partial charge in [0, 0.05) is 13.1 Å². The Balaban J connectivity index is 0. The van der Waals surface area contributed by atoms with E-state index in [1.54, 1.807) is 0 Å². The summed E-state index contributed by atoms with van der Waals surface area (Å²) in [4.78, 5) is 19.7. The molecule has 2 unspecified atom stereocenters. The van der Waals surface area contributed by atoms with Crippen LogP contribution in [0.5, 0.6) is 0 Å². The molecule has 0 bridgehead atoms. The van der Waals surface area contributed by atoms with E-state index in [0.717, 1.165) is 0 Å². The van der Waals surface area contributed by atoms with Crippen LogP contribution >= 0.6 is 16.5 Å². The van der Waals surface area contributed by atoms with Gasteiger partial charge in [-0.3, -0.25) is 0 Å². The average molecular weight is 304 g/mol. The van der Waals surface area contributed by atoms with Crippen molar-refractivity contribution in [2.75, 3.05) is 26.3 Å². The van der Waals surface area contributed by atoms with Crippen molar-refractivity contribution in [1.82, 2.24) is 0 Å². The fourth-order valence-electron chi connectivity index (χ4n) is 0.579. The molecule has 0 amide bonds. The monoisotopic (exact) mass is 304 g/mol. The summed E-state index contributed by atoms with van der Waals surface area (Å²) in [5.74, 6) is 0. The van der Waals surface area contributed by atoms with Crippen LogP contribution in [0.3, 0.4) is 0 Å². The van der Waals surface area contributed by atoms with Crippen molar-refractivity contribution in [3.05, 3.63) is 0 Å². The van der Waals surface area contributed by atoms with Gasteiger partial charge < -0.3 is 26.4 Å². The summed E-state index contributed by atoms with van der Waals surface area (Å²) in [5, 5.41) is 8.42. The van der Waals surface area contributed by atoms with Gasteiger partial charge in [0.25, 0.3) is 0 Å². The van der Waals surface area contributed by atoms with E-state index < -0.39 is 22.6 Å². The lowest BCUT2D eigenvalue weighted by Crippen LogP contribution is -2.27. The Morgan fingerprint density at radius 2 is 1.33 bits per heavy atom. The number of aliphatic hydroxyl groups is 1. The molecule has 108 valence electrons. The molecular weight excluding hydrogens is 286 g/mol. The van der Waals surface area contributed by atoms with E-state index >= 15 is 0 Å². The molecule has 0 aromatic heterocycles. The Morgan fingerprint density at radius 3 is 1.50 bits per heavy atom. The third-order valence-electron chi connectivity index (χ3n) is 1.48. The van der Waals surface area contributed by atoms with Gasteiger partial charge >= 0.3 is 16.5 Å². The standard InChI is InChI=1S/C4H8O6P2.C3H10N2O/c5-11(6)9-3-1-2-4-10-12(7)8;4-1-3(6)2-5/h1-4H2;3,6H,1-2,4-5H2. The molecule has 0 fully saturated rings. The molecule has 11 heteroatoms. The van der Waals surface area contributed by atoms with E-state index in [1.165, 1.54) is 0 Å². The first-order chi connectivity index (χ1) is 8.43. The molecule has 0 aromatic carbocycles. The van der Waals surface area contributed by atoms with Gasteiger partial charge in [-0.25, -0.2) is 0 Å². The summed E-state index contributed by atoms with van der Waals surface area (Å²) < 4.78 is 28.0. The van der Waals surface area contributed by atoms with Crippen molar-refractivity contribution >= 4 is 16.5 Å². The lowest BCUT2D eigenvalue weighted by molar-refractivity contribution is -0.187. The lowest BCUT2D eigenvalue weighted by Gasteiger charge is -1.98. The van der Waals surface area contributed by atoms with Gasteiger partial charge in [-0.15, -0.1) is 9.05 Å². The fraction of sp³-hybridized carbons (Fsp3) is 1.00. The maximum absolute atomic E-state index is 9.83. The third-order valence-corrected chi connectivity index (χ3v) is 2.26. The summed E-state index contributed by atoms with van der Waals surface area (Å²) in [7, 11) is -5.59. The zero-order chi connectivity index (χ0) is 14.4. The van der Waals surface area contributed by atoms with Crippen LogP contribution in [0.1, 0.15) is 12.8 Å². The molecule has 2 atom stereocenters. The van der Waals surface area contributed by atoms with Crippen LogP contribution in [0.4, 0.5) is 0 Å². The zero-order valence-electron chi connectivity index (χ0n) is 9.77. The van der Waals surface area contributed by atoms with Crippen LogP contribution in [-0.4, -0.2) is 37.5 Å². The zero-order valence-corrected chi connectivity index (χ0v) is 11.6. The molecule has 18 heavy (non-hydrogen) atoms. The maximum atomic E-state index is 9.83. The highest BCUT2D eigenvalue weighted by Gasteiger charge is 2.02. The molecule has 0 saturated heterocycles. The van der Waals surface area contributed by atoms with Crippen LogP contribution in [0.2, 0.25) is 0 Å². The first kappa shape index (κ1) is 20.2. The van der Waals surface area contributed by atoms with Gasteiger partial charge in [0.2, 0.25) is 0 Å². The van der Waals surface area contributed by atoms with Crippen molar-refractivity contribution in [1.29, 1.82) is 0 Å². The third kappa shape index (κ3) is 21.2. The summed E-state index contributed by atoms with van der Waals surface area (Å²) >= 11 is 0. The molecule has 0 heterocycles. The summed E-state index contributed by atoms with van der Waals surface area (Å²) in [6.45, 7) is 0.655. The van der Waals surface area contributed by atoms with E-state index in [0.29, 0.717) is 12.8 Å². The summed E-state index contributed by atoms with van der Waals surface area (Å²) in [6.07, 6.45) is 0.392. The SMILES string of the molecule is NCC(O)CN.O=[P+]([O-])OCCCCO[P+](=O)[O-]. The summed E-state index contributed by atoms with van der Waals surface area (Å²) in [6, 6.07) is 0. The predicted molar refractivity (Wildman–Crippen MR) is 60.5 cm³/mol. The molecular formula is C7H18N2O7P2. The van der Waals surface area contributed by atoms with Gasteiger partial charge in [-0.1, -0.05) is 0 Å². The van der Waals surface area contributed by atoms with E-state index in [2.05, 4.69) is 9.05 Å². The smallest absolute Gasteiger partial charge is 0.488 e. The largest absolute Gasteiger partial charge is 0.566 e. The van der Waals surface area contributed by atoms with Gasteiger partial charge in [0.1, 0.15) is 13.2 Å². The van der Waals surface area contributed by atoms with Crippen LogP contribution in [0.25, 0.3) is 0 Å². The number of nitrogens with two attached hydrogens (primary N) is 2. The second-order valence-electron chi connectivity index (χ2n) is 2.95. The predicted octanol–water partition coefficient (Wildman–Crippen LogP) is -1.90. The van der Waals surface area contributed by atoms with Gasteiger partial charge in [-0.05, 0) is 22.0 Å². The first-order valence-corrected chi connectivity index (χ1v) is 7.25. The Kier molecular flexibility index (Phi) is 16.8. The minimum Gasteiger partial charge on any atom is -0.566 e. The van der Waals surface area contributed by atoms with Gasteiger partial charge in [0.05, 0.1) is 6.10 Å². The van der Waals surface area contributed by atoms with Crippen molar-refractivity contribution in [3.63, 3.8) is 0 Å². The van der Waals surface area contributed by atoms with Crippen molar-refractivity contribution < 1.29 is 33.1 Å². The molecule has 0 radical (unpaired) electrons. The van der Waals surface area contributed by atoms with Crippen molar-refractivity contribution in [3.8, 4) is 0 Å². The van der Waals surface area contributed by atoms with Crippen LogP contribution in [0, 0.1) is 0 Å². The normalized spacial score (nSPS) is 11.9. The average Bonchev–Trinajstić information content (AvgIpc) is 2.32. The van der Waals surface area contributed by atoms with Crippen LogP contribution < -0.4 is 21.3 Å². The lowest BCUT2D eigenvalue weighted by atomic mass is 10.3. The molecule has 0 aromatic rings. The highest BCUT2D eigenvalue weighted by Crippen LogP contribution is 2.12. The Morgan fingerprint density at radius 1 is 1.00 bits per heavy atom. The number of rotatable bonds is 9. The molecule has 0 aliphatic carbocycles. The number of unbranched alkanes of at least 4 members (excludes halogenated alkanes) is 1. The Bertz CT molecular complexity index is 210. The van der Waals surface area contributed by atoms with Gasteiger partial charge in [0.15, 0.2) is 0 Å². The van der Waals surface area contributed by atoms with E-state index in [9.17, 15) is 18.9 Å². The second-order valence-corrected chi connectivity index (χ2v) is 4.36. The molecule has 0 aliphatic rings. The second kappa shape index (κ2) is 15.0. The number of hydrogen-bond donors (Lipinski definition) is 3. The fourth-order valence-corrected chi connectivity index (χ4v) is 1.13. The van der Waals surface area contributed by atoms with E-state index in [1.807, 2.05) is 0 Å². The Labute approximate surface area is 107 Å². The minimum absolute atomic E-state index is 0.0672. The molecule has 5 N–H and O–H groups in total. The molecule has 9 nitrogen and oxygen atoms in total. The summed E-state index contributed by atoms with van der Waals surface area (Å²) in [5.41, 5.74) is 9.91. The van der Waals surface area contributed by atoms with Crippen LogP contribution in [-0.2, 0) is 18.2 Å². The first-order valence-electron chi connectivity index (χ1n) is 5.06. The number of hydrogen-bond acceptors (Lipinski definition) is 9. The van der Waals surface area contributed by atoms with E-state index in [-0.39, 0.29) is 26.3 Å². The van der Waals surface area contributed by atoms with Crippen LogP contribution in [0.15, 0.2) is 0 Å². The minimum atomic E-state index is -2.79.